The highest BCUT2D eigenvalue weighted by atomic mass is 35.5. The first-order chi connectivity index (χ1) is 18.9. The van der Waals surface area contributed by atoms with E-state index in [0.29, 0.717) is 37.0 Å². The van der Waals surface area contributed by atoms with E-state index in [4.69, 9.17) is 21.1 Å². The first-order valence-electron chi connectivity index (χ1n) is 14.1. The molecule has 8 heteroatoms. The van der Waals surface area contributed by atoms with E-state index in [9.17, 15) is 9.00 Å². The number of benzene rings is 2. The van der Waals surface area contributed by atoms with Crippen LogP contribution in [0.25, 0.3) is 0 Å². The minimum absolute atomic E-state index is 0.0424. The van der Waals surface area contributed by atoms with Gasteiger partial charge >= 0.3 is 0 Å². The van der Waals surface area contributed by atoms with Gasteiger partial charge in [0.1, 0.15) is 5.75 Å². The highest BCUT2D eigenvalue weighted by Gasteiger charge is 2.37. The van der Waals surface area contributed by atoms with Crippen LogP contribution in [0, 0.1) is 11.8 Å². The van der Waals surface area contributed by atoms with Crippen LogP contribution < -0.4 is 9.64 Å². The van der Waals surface area contributed by atoms with Crippen LogP contribution in [0.3, 0.4) is 0 Å². The molecular weight excluding hydrogens is 532 g/mol. The summed E-state index contributed by atoms with van der Waals surface area (Å²) < 4.78 is 29.2. The number of ether oxygens (including phenoxy) is 2. The topological polar surface area (TPSA) is 68.2 Å². The summed E-state index contributed by atoms with van der Waals surface area (Å²) in [6, 6.07) is 11.7. The summed E-state index contributed by atoms with van der Waals surface area (Å²) in [6.07, 6.45) is 10.9. The average molecular weight is 570 g/mol. The van der Waals surface area contributed by atoms with Gasteiger partial charge in [-0.15, -0.1) is 0 Å². The van der Waals surface area contributed by atoms with Crippen molar-refractivity contribution in [3.05, 3.63) is 70.3 Å². The van der Waals surface area contributed by atoms with Gasteiger partial charge in [0.2, 0.25) is 0 Å². The number of aryl methyl sites for hydroxylation is 1. The van der Waals surface area contributed by atoms with Gasteiger partial charge < -0.3 is 22.9 Å². The Hall–Kier alpha value is -2.35. The predicted molar refractivity (Wildman–Crippen MR) is 157 cm³/mol. The molecule has 5 rings (SSSR count). The maximum atomic E-state index is 13.2. The lowest BCUT2D eigenvalue weighted by Gasteiger charge is -2.43. The van der Waals surface area contributed by atoms with Crippen LogP contribution in [-0.4, -0.2) is 37.5 Å². The number of hydrogen-bond donors (Lipinski definition) is 0. The van der Waals surface area contributed by atoms with E-state index >= 15 is 0 Å². The number of carbonyl (C=O) groups is 1. The molecule has 0 N–H and O–H groups in total. The molecule has 1 saturated carbocycles. The van der Waals surface area contributed by atoms with Crippen molar-refractivity contribution in [1.29, 1.82) is 0 Å². The Morgan fingerprint density at radius 1 is 1.10 bits per heavy atom. The third-order valence-corrected chi connectivity index (χ3v) is 9.89. The van der Waals surface area contributed by atoms with Crippen molar-refractivity contribution >= 4 is 33.8 Å². The van der Waals surface area contributed by atoms with Gasteiger partial charge in [0.25, 0.3) is 5.91 Å². The number of rotatable bonds is 1. The third kappa shape index (κ3) is 6.69. The smallest absolute Gasteiger partial charge is 0.254 e. The van der Waals surface area contributed by atoms with E-state index in [1.807, 2.05) is 25.1 Å². The van der Waals surface area contributed by atoms with Crippen molar-refractivity contribution in [3.63, 3.8) is 0 Å². The Balaban J connectivity index is 1.61. The number of amides is 1. The summed E-state index contributed by atoms with van der Waals surface area (Å²) in [5, 5.41) is 0.534. The zero-order valence-corrected chi connectivity index (χ0v) is 24.4. The van der Waals surface area contributed by atoms with Crippen molar-refractivity contribution in [1.82, 2.24) is 0 Å². The number of carbonyl (C=O) groups excluding carboxylic acids is 1. The maximum Gasteiger partial charge on any atom is 0.254 e. The monoisotopic (exact) mass is 569 g/mol. The minimum atomic E-state index is -1.60. The van der Waals surface area contributed by atoms with Crippen molar-refractivity contribution in [3.8, 4) is 5.75 Å². The average Bonchev–Trinajstić information content (AvgIpc) is 2.94. The quantitative estimate of drug-likeness (QED) is 0.270. The fourth-order valence-electron chi connectivity index (χ4n) is 5.87. The van der Waals surface area contributed by atoms with Crippen LogP contribution in [-0.2, 0) is 32.5 Å². The van der Waals surface area contributed by atoms with Crippen LogP contribution in [0.4, 0.5) is 5.69 Å². The van der Waals surface area contributed by atoms with E-state index in [1.54, 1.807) is 13.2 Å². The molecule has 3 aliphatic rings. The number of fused-ring (bicyclic) bond motifs is 3. The van der Waals surface area contributed by atoms with Crippen LogP contribution in [0.5, 0.6) is 5.75 Å². The van der Waals surface area contributed by atoms with E-state index in [1.165, 1.54) is 11.1 Å². The van der Waals surface area contributed by atoms with Gasteiger partial charge in [-0.25, -0.2) is 0 Å². The number of hydrogen-bond acceptors (Lipinski definition) is 6. The van der Waals surface area contributed by atoms with Crippen LogP contribution in [0.2, 0.25) is 5.02 Å². The molecular formula is C31H38ClN2O4S-. The van der Waals surface area contributed by atoms with Gasteiger partial charge in [-0.1, -0.05) is 48.4 Å². The molecule has 0 unspecified atom stereocenters. The molecule has 2 bridgehead atoms. The fraction of sp³-hybridized carbons (Fsp3) is 0.516. The second-order valence-corrected chi connectivity index (χ2v) is 12.9. The van der Waals surface area contributed by atoms with Crippen molar-refractivity contribution in [2.24, 2.45) is 16.2 Å². The Kier molecular flexibility index (Phi) is 9.31. The molecule has 1 amide bonds. The predicted octanol–water partition coefficient (Wildman–Crippen LogP) is 7.13. The molecule has 0 radical (unpaired) electrons. The summed E-state index contributed by atoms with van der Waals surface area (Å²) >= 11 is 6.40. The molecule has 210 valence electrons. The minimum Gasteiger partial charge on any atom is -0.491 e. The largest absolute Gasteiger partial charge is 0.491 e. The fourth-order valence-corrected chi connectivity index (χ4v) is 6.86. The zero-order chi connectivity index (χ0) is 27.4. The summed E-state index contributed by atoms with van der Waals surface area (Å²) in [6.45, 7) is 3.97. The van der Waals surface area contributed by atoms with Gasteiger partial charge in [-0.05, 0) is 91.8 Å². The summed E-state index contributed by atoms with van der Waals surface area (Å²) in [5.74, 6) is 1.17. The van der Waals surface area contributed by atoms with Crippen molar-refractivity contribution in [2.75, 3.05) is 25.2 Å². The van der Waals surface area contributed by atoms with Crippen LogP contribution in [0.1, 0.15) is 66.9 Å². The second kappa shape index (κ2) is 12.9. The second-order valence-electron chi connectivity index (χ2n) is 11.0. The Morgan fingerprint density at radius 3 is 2.77 bits per heavy atom. The first kappa shape index (κ1) is 28.2. The van der Waals surface area contributed by atoms with Crippen molar-refractivity contribution in [2.45, 2.75) is 69.8 Å². The van der Waals surface area contributed by atoms with Gasteiger partial charge in [-0.3, -0.25) is 4.79 Å². The van der Waals surface area contributed by atoms with Gasteiger partial charge in [0, 0.05) is 30.8 Å². The molecule has 0 spiro atoms. The molecule has 0 saturated heterocycles. The molecule has 2 aromatic rings. The number of anilines is 1. The Bertz CT molecular complexity index is 1310. The number of nitrogens with zero attached hydrogens (tertiary/aromatic N) is 2. The maximum absolute atomic E-state index is 13.2. The van der Waals surface area contributed by atoms with Crippen molar-refractivity contribution < 1.29 is 18.5 Å². The standard InChI is InChI=1S/C31H38ClN2O4S/c1-21-7-3-4-9-29(37-2)27-14-11-25(27)20-34-19-24-10-13-26(32)17-22(24)8-5-6-16-38-30-15-12-23(18-28(30)34)31(35)33-39(21)36/h4,9-10,12-13,15,17-18,21,25,27,29H,3,5-8,11,14,16,19-20H2,1-2H3/q-1/b9-4+/t21-,25+,27-,29+/m1/s1. The lowest BCUT2D eigenvalue weighted by Crippen LogP contribution is -2.43. The summed E-state index contributed by atoms with van der Waals surface area (Å²) in [4.78, 5) is 15.5. The van der Waals surface area contributed by atoms with Gasteiger partial charge in [0.05, 0.1) is 18.4 Å². The number of methoxy groups -OCH3 is 1. The molecule has 2 aliphatic heterocycles. The normalized spacial score (nSPS) is 27.6. The highest BCUT2D eigenvalue weighted by molar-refractivity contribution is 7.75. The zero-order valence-electron chi connectivity index (χ0n) is 22.8. The van der Waals surface area contributed by atoms with E-state index in [-0.39, 0.29) is 11.4 Å². The molecule has 6 nitrogen and oxygen atoms in total. The Labute approximate surface area is 238 Å². The SMILES string of the molecule is CO[C@H]1/C=C/CC[C@@H](C)[S-](=O)=NC(=O)c2ccc3c(c2)N(Cc2ccc(Cl)cc2CCCCO3)C[C@@H]2CC[C@H]21. The lowest BCUT2D eigenvalue weighted by atomic mass is 9.70. The van der Waals surface area contributed by atoms with E-state index in [2.05, 4.69) is 33.5 Å². The molecule has 39 heavy (non-hydrogen) atoms. The molecule has 2 aromatic carbocycles. The molecule has 1 fully saturated rings. The summed E-state index contributed by atoms with van der Waals surface area (Å²) in [7, 11) is 0.181. The molecule has 4 atom stereocenters. The number of halogens is 1. The molecule has 2 heterocycles. The molecule has 1 aliphatic carbocycles. The van der Waals surface area contributed by atoms with Gasteiger partial charge in [-0.2, -0.15) is 10.6 Å². The van der Waals surface area contributed by atoms with Gasteiger partial charge in [0.15, 0.2) is 0 Å². The van der Waals surface area contributed by atoms with E-state index < -0.39 is 16.5 Å². The Morgan fingerprint density at radius 2 is 1.97 bits per heavy atom. The first-order valence-corrected chi connectivity index (χ1v) is 15.6. The number of allylic oxidation sites excluding steroid dienone is 1. The lowest BCUT2D eigenvalue weighted by molar-refractivity contribution is 0.0134. The highest BCUT2D eigenvalue weighted by Crippen LogP contribution is 2.42. The van der Waals surface area contributed by atoms with E-state index in [0.717, 1.165) is 61.5 Å². The third-order valence-electron chi connectivity index (χ3n) is 8.38. The molecule has 0 aromatic heterocycles. The summed E-state index contributed by atoms with van der Waals surface area (Å²) in [5.41, 5.74) is 3.80. The van der Waals surface area contributed by atoms with Crippen LogP contribution >= 0.6 is 11.6 Å². The van der Waals surface area contributed by atoms with Crippen LogP contribution in [0.15, 0.2) is 52.9 Å².